The van der Waals surface area contributed by atoms with Crippen molar-refractivity contribution in [3.63, 3.8) is 0 Å². The van der Waals surface area contributed by atoms with Crippen molar-refractivity contribution in [2.75, 3.05) is 39.8 Å². The van der Waals surface area contributed by atoms with Crippen LogP contribution in [-0.4, -0.2) is 81.6 Å². The van der Waals surface area contributed by atoms with Crippen molar-refractivity contribution in [1.29, 1.82) is 0 Å². The molecular formula is C21H43N3O4Si. The van der Waals surface area contributed by atoms with Crippen molar-refractivity contribution in [1.82, 2.24) is 15.1 Å². The first-order chi connectivity index (χ1) is 13.2. The highest BCUT2D eigenvalue weighted by Crippen LogP contribution is 2.36. The van der Waals surface area contributed by atoms with Crippen LogP contribution in [0.3, 0.4) is 0 Å². The number of carbonyl (C=O) groups excluding carboxylic acids is 2. The lowest BCUT2D eigenvalue weighted by atomic mass is 10.1. The van der Waals surface area contributed by atoms with Gasteiger partial charge in [-0.15, -0.1) is 0 Å². The van der Waals surface area contributed by atoms with Gasteiger partial charge in [-0.05, 0) is 52.4 Å². The molecule has 29 heavy (non-hydrogen) atoms. The Balaban J connectivity index is 2.42. The molecule has 1 saturated heterocycles. The van der Waals surface area contributed by atoms with Crippen LogP contribution in [-0.2, 0) is 14.0 Å². The van der Waals surface area contributed by atoms with E-state index < -0.39 is 13.9 Å². The van der Waals surface area contributed by atoms with Gasteiger partial charge in [0.15, 0.2) is 8.32 Å². The highest BCUT2D eigenvalue weighted by Gasteiger charge is 2.37. The summed E-state index contributed by atoms with van der Waals surface area (Å²) >= 11 is 0. The SMILES string of the molecule is CNC(CCC(=O)N1CCN(C(=O)OC(C)(C)C)CC1)CO[Si](C)(C)C(C)(C)C. The number of nitrogens with zero attached hydrogens (tertiary/aromatic N) is 2. The predicted molar refractivity (Wildman–Crippen MR) is 120 cm³/mol. The van der Waals surface area contributed by atoms with Gasteiger partial charge in [-0.2, -0.15) is 0 Å². The molecule has 8 heteroatoms. The molecule has 170 valence electrons. The average molecular weight is 430 g/mol. The second-order valence-corrected chi connectivity index (χ2v) is 15.3. The molecule has 1 unspecified atom stereocenters. The Morgan fingerprint density at radius 2 is 1.52 bits per heavy atom. The average Bonchev–Trinajstić information content (AvgIpc) is 2.59. The second kappa shape index (κ2) is 10.3. The van der Waals surface area contributed by atoms with Gasteiger partial charge >= 0.3 is 6.09 Å². The van der Waals surface area contributed by atoms with E-state index in [4.69, 9.17) is 9.16 Å². The van der Waals surface area contributed by atoms with Crippen molar-refractivity contribution >= 4 is 20.3 Å². The van der Waals surface area contributed by atoms with Gasteiger partial charge in [0.2, 0.25) is 5.91 Å². The number of carbonyl (C=O) groups is 2. The number of hydrogen-bond acceptors (Lipinski definition) is 5. The topological polar surface area (TPSA) is 71.1 Å². The van der Waals surface area contributed by atoms with E-state index in [-0.39, 0.29) is 23.1 Å². The molecule has 1 aliphatic heterocycles. The molecule has 1 heterocycles. The molecule has 0 spiro atoms. The number of piperazine rings is 1. The fraction of sp³-hybridized carbons (Fsp3) is 0.905. The molecule has 0 bridgehead atoms. The van der Waals surface area contributed by atoms with Crippen molar-refractivity contribution < 1.29 is 18.8 Å². The van der Waals surface area contributed by atoms with E-state index in [9.17, 15) is 9.59 Å². The van der Waals surface area contributed by atoms with Gasteiger partial charge < -0.3 is 24.3 Å². The lowest BCUT2D eigenvalue weighted by molar-refractivity contribution is -0.133. The predicted octanol–water partition coefficient (Wildman–Crippen LogP) is 3.46. The third-order valence-corrected chi connectivity index (χ3v) is 10.4. The molecule has 0 radical (unpaired) electrons. The summed E-state index contributed by atoms with van der Waals surface area (Å²) in [5.74, 6) is 0.140. The molecule has 1 rings (SSSR count). The normalized spacial score (nSPS) is 17.3. The molecule has 0 aromatic carbocycles. The van der Waals surface area contributed by atoms with Crippen LogP contribution in [0, 0.1) is 0 Å². The van der Waals surface area contributed by atoms with Crippen molar-refractivity contribution in [2.45, 2.75) is 84.2 Å². The monoisotopic (exact) mass is 429 g/mol. The Bertz CT molecular complexity index is 547. The van der Waals surface area contributed by atoms with Gasteiger partial charge in [-0.25, -0.2) is 4.79 Å². The molecule has 1 aliphatic rings. The van der Waals surface area contributed by atoms with Crippen molar-refractivity contribution in [3.05, 3.63) is 0 Å². The van der Waals surface area contributed by atoms with E-state index in [0.29, 0.717) is 39.2 Å². The molecule has 0 aromatic rings. The molecular weight excluding hydrogens is 386 g/mol. The van der Waals surface area contributed by atoms with Crippen LogP contribution in [0.5, 0.6) is 0 Å². The molecule has 2 amide bonds. The Labute approximate surface area is 178 Å². The van der Waals surface area contributed by atoms with Crippen LogP contribution in [0.1, 0.15) is 54.4 Å². The van der Waals surface area contributed by atoms with Crippen molar-refractivity contribution in [3.8, 4) is 0 Å². The van der Waals surface area contributed by atoms with E-state index in [2.05, 4.69) is 39.2 Å². The minimum atomic E-state index is -1.79. The molecule has 0 aromatic heterocycles. The number of amides is 2. The summed E-state index contributed by atoms with van der Waals surface area (Å²) in [6.07, 6.45) is 0.928. The summed E-state index contributed by atoms with van der Waals surface area (Å²) in [7, 11) is 0.128. The van der Waals surface area contributed by atoms with Crippen molar-refractivity contribution in [2.24, 2.45) is 0 Å². The van der Waals surface area contributed by atoms with E-state index in [1.165, 1.54) is 0 Å². The minimum Gasteiger partial charge on any atom is -0.444 e. The summed E-state index contributed by atoms with van der Waals surface area (Å²) in [5, 5.41) is 3.46. The van der Waals surface area contributed by atoms with Gasteiger partial charge in [0.25, 0.3) is 0 Å². The molecule has 0 aliphatic carbocycles. The van der Waals surface area contributed by atoms with Crippen LogP contribution < -0.4 is 5.32 Å². The first-order valence-electron chi connectivity index (χ1n) is 10.7. The summed E-state index contributed by atoms with van der Waals surface area (Å²) in [4.78, 5) is 28.3. The molecule has 1 atom stereocenters. The number of likely N-dealkylation sites (N-methyl/N-ethyl adjacent to an activating group) is 1. The van der Waals surface area contributed by atoms with Gasteiger partial charge in [0.05, 0.1) is 0 Å². The van der Waals surface area contributed by atoms with Gasteiger partial charge in [0.1, 0.15) is 5.60 Å². The summed E-state index contributed by atoms with van der Waals surface area (Å²) in [5.41, 5.74) is -0.501. The van der Waals surface area contributed by atoms with Crippen LogP contribution in [0.2, 0.25) is 18.1 Å². The summed E-state index contributed by atoms with van der Waals surface area (Å²) in [6.45, 7) is 19.5. The Morgan fingerprint density at radius 3 is 1.97 bits per heavy atom. The first kappa shape index (κ1) is 25.9. The fourth-order valence-electron chi connectivity index (χ4n) is 2.76. The Hall–Kier alpha value is -1.12. The zero-order chi connectivity index (χ0) is 22.5. The lowest BCUT2D eigenvalue weighted by Crippen LogP contribution is -2.51. The van der Waals surface area contributed by atoms with E-state index in [0.717, 1.165) is 6.42 Å². The van der Waals surface area contributed by atoms with E-state index in [1.807, 2.05) is 32.7 Å². The summed E-state index contributed by atoms with van der Waals surface area (Å²) in [6, 6.07) is 0.163. The molecule has 0 saturated carbocycles. The van der Waals surface area contributed by atoms with Gasteiger partial charge in [-0.1, -0.05) is 20.8 Å². The molecule has 7 nitrogen and oxygen atoms in total. The van der Waals surface area contributed by atoms with Crippen LogP contribution in [0.25, 0.3) is 0 Å². The zero-order valence-electron chi connectivity index (χ0n) is 20.1. The number of ether oxygens (including phenoxy) is 1. The van der Waals surface area contributed by atoms with Crippen LogP contribution >= 0.6 is 0 Å². The maximum Gasteiger partial charge on any atom is 0.410 e. The van der Waals surface area contributed by atoms with E-state index >= 15 is 0 Å². The van der Waals surface area contributed by atoms with Crippen LogP contribution in [0.4, 0.5) is 4.79 Å². The number of rotatable bonds is 7. The number of hydrogen-bond donors (Lipinski definition) is 1. The third-order valence-electron chi connectivity index (χ3n) is 5.85. The highest BCUT2D eigenvalue weighted by atomic mass is 28.4. The largest absolute Gasteiger partial charge is 0.444 e. The molecule has 1 fully saturated rings. The fourth-order valence-corrected chi connectivity index (χ4v) is 3.81. The Morgan fingerprint density at radius 1 is 1.00 bits per heavy atom. The number of nitrogens with one attached hydrogen (secondary N) is 1. The van der Waals surface area contributed by atoms with E-state index in [1.54, 1.807) is 4.90 Å². The standard InChI is InChI=1S/C21H43N3O4Si/c1-20(2,3)28-19(26)24-14-12-23(13-15-24)18(25)11-10-17(22-7)16-27-29(8,9)21(4,5)6/h17,22H,10-16H2,1-9H3. The second-order valence-electron chi connectivity index (χ2n) is 10.4. The maximum atomic E-state index is 12.6. The first-order valence-corrected chi connectivity index (χ1v) is 13.6. The quantitative estimate of drug-likeness (QED) is 0.628. The highest BCUT2D eigenvalue weighted by molar-refractivity contribution is 6.74. The molecule has 1 N–H and O–H groups in total. The van der Waals surface area contributed by atoms with Gasteiger partial charge in [0, 0.05) is 45.2 Å². The summed E-state index contributed by atoms with van der Waals surface area (Å²) < 4.78 is 11.7. The maximum absolute atomic E-state index is 12.6. The van der Waals surface area contributed by atoms with Gasteiger partial charge in [-0.3, -0.25) is 4.79 Å². The van der Waals surface area contributed by atoms with Crippen LogP contribution in [0.15, 0.2) is 0 Å². The zero-order valence-corrected chi connectivity index (χ0v) is 21.1. The Kier molecular flexibility index (Phi) is 9.17. The third kappa shape index (κ3) is 8.64. The minimum absolute atomic E-state index is 0.140. The smallest absolute Gasteiger partial charge is 0.410 e. The lowest BCUT2D eigenvalue weighted by Gasteiger charge is -2.37.